The highest BCUT2D eigenvalue weighted by molar-refractivity contribution is 7.99. The summed E-state index contributed by atoms with van der Waals surface area (Å²) in [5, 5.41) is 0.400. The van der Waals surface area contributed by atoms with E-state index in [2.05, 4.69) is 69.3 Å². The van der Waals surface area contributed by atoms with Crippen molar-refractivity contribution < 1.29 is 0 Å². The molecule has 112 valence electrons. The lowest BCUT2D eigenvalue weighted by molar-refractivity contribution is 0.714. The lowest BCUT2D eigenvalue weighted by Crippen LogP contribution is -2.21. The Hall–Kier alpha value is -1.25. The van der Waals surface area contributed by atoms with Crippen LogP contribution in [-0.4, -0.2) is 5.25 Å². The van der Waals surface area contributed by atoms with Crippen LogP contribution < -0.4 is 5.73 Å². The first-order valence-corrected chi connectivity index (χ1v) is 8.67. The van der Waals surface area contributed by atoms with E-state index in [-0.39, 0.29) is 6.04 Å². The number of hydrogen-bond acceptors (Lipinski definition) is 2. The summed E-state index contributed by atoms with van der Waals surface area (Å²) in [5.41, 5.74) is 11.8. The largest absolute Gasteiger partial charge is 0.323 e. The molecule has 2 atom stereocenters. The van der Waals surface area contributed by atoms with Gasteiger partial charge in [0.25, 0.3) is 0 Å². The molecular formula is C19H25NS. The lowest BCUT2D eigenvalue weighted by atomic mass is 10.0. The molecule has 0 aliphatic heterocycles. The van der Waals surface area contributed by atoms with E-state index in [9.17, 15) is 0 Å². The summed E-state index contributed by atoms with van der Waals surface area (Å²) >= 11 is 1.93. The van der Waals surface area contributed by atoms with Crippen molar-refractivity contribution in [1.82, 2.24) is 0 Å². The van der Waals surface area contributed by atoms with E-state index in [0.717, 1.165) is 12.2 Å². The Bertz CT molecular complexity index is 562. The standard InChI is InChI=1S/C19H25NS/c1-4-16-9-11-17(12-10-16)19(20)15(3)21-13-18-8-6-5-7-14(18)2/h5-12,15,19H,4,13,20H2,1-3H3. The molecule has 0 heterocycles. The minimum atomic E-state index is 0.0879. The number of benzene rings is 2. The van der Waals surface area contributed by atoms with Crippen molar-refractivity contribution in [2.24, 2.45) is 5.73 Å². The Morgan fingerprint density at radius 1 is 1.05 bits per heavy atom. The van der Waals surface area contributed by atoms with Crippen molar-refractivity contribution in [1.29, 1.82) is 0 Å². The average molecular weight is 299 g/mol. The van der Waals surface area contributed by atoms with Crippen LogP contribution in [0, 0.1) is 6.92 Å². The Kier molecular flexibility index (Phi) is 5.89. The fraction of sp³-hybridized carbons (Fsp3) is 0.368. The minimum Gasteiger partial charge on any atom is -0.323 e. The Balaban J connectivity index is 1.95. The van der Waals surface area contributed by atoms with E-state index >= 15 is 0 Å². The van der Waals surface area contributed by atoms with Gasteiger partial charge in [0.05, 0.1) is 0 Å². The maximum absolute atomic E-state index is 6.41. The van der Waals surface area contributed by atoms with Gasteiger partial charge in [-0.15, -0.1) is 0 Å². The molecule has 0 aliphatic carbocycles. The summed E-state index contributed by atoms with van der Waals surface area (Å²) in [5.74, 6) is 1.02. The Morgan fingerprint density at radius 2 is 1.71 bits per heavy atom. The van der Waals surface area contributed by atoms with Crippen LogP contribution in [0.25, 0.3) is 0 Å². The summed E-state index contributed by atoms with van der Waals surface area (Å²) in [6, 6.07) is 17.4. The highest BCUT2D eigenvalue weighted by Gasteiger charge is 2.15. The smallest absolute Gasteiger partial charge is 0.0412 e. The molecule has 0 amide bonds. The molecule has 0 spiro atoms. The molecule has 0 bridgehead atoms. The van der Waals surface area contributed by atoms with E-state index in [0.29, 0.717) is 5.25 Å². The van der Waals surface area contributed by atoms with Gasteiger partial charge < -0.3 is 5.73 Å². The van der Waals surface area contributed by atoms with Crippen molar-refractivity contribution >= 4 is 11.8 Å². The van der Waals surface area contributed by atoms with Gasteiger partial charge in [0.15, 0.2) is 0 Å². The summed E-state index contributed by atoms with van der Waals surface area (Å²) in [4.78, 5) is 0. The third kappa shape index (κ3) is 4.36. The fourth-order valence-electron chi connectivity index (χ4n) is 2.34. The molecule has 2 unspecified atom stereocenters. The summed E-state index contributed by atoms with van der Waals surface area (Å²) < 4.78 is 0. The van der Waals surface area contributed by atoms with Crippen LogP contribution in [-0.2, 0) is 12.2 Å². The van der Waals surface area contributed by atoms with Crippen LogP contribution in [0.15, 0.2) is 48.5 Å². The average Bonchev–Trinajstić information content (AvgIpc) is 2.53. The molecule has 0 fully saturated rings. The van der Waals surface area contributed by atoms with E-state index in [1.807, 2.05) is 11.8 Å². The van der Waals surface area contributed by atoms with Crippen LogP contribution >= 0.6 is 11.8 Å². The van der Waals surface area contributed by atoms with Gasteiger partial charge in [-0.2, -0.15) is 11.8 Å². The number of rotatable bonds is 6. The van der Waals surface area contributed by atoms with Crippen molar-refractivity contribution in [3.05, 3.63) is 70.8 Å². The Labute approximate surface area is 133 Å². The van der Waals surface area contributed by atoms with Crippen LogP contribution in [0.3, 0.4) is 0 Å². The van der Waals surface area contributed by atoms with Crippen LogP contribution in [0.5, 0.6) is 0 Å². The number of hydrogen-bond donors (Lipinski definition) is 1. The second-order valence-electron chi connectivity index (χ2n) is 5.56. The molecule has 21 heavy (non-hydrogen) atoms. The topological polar surface area (TPSA) is 26.0 Å². The van der Waals surface area contributed by atoms with E-state index in [1.165, 1.54) is 22.3 Å². The monoisotopic (exact) mass is 299 g/mol. The van der Waals surface area contributed by atoms with Crippen LogP contribution in [0.2, 0.25) is 0 Å². The second kappa shape index (κ2) is 7.67. The predicted molar refractivity (Wildman–Crippen MR) is 94.7 cm³/mol. The molecule has 2 rings (SSSR count). The van der Waals surface area contributed by atoms with Gasteiger partial charge in [-0.3, -0.25) is 0 Å². The summed E-state index contributed by atoms with van der Waals surface area (Å²) in [6.07, 6.45) is 1.08. The van der Waals surface area contributed by atoms with Gasteiger partial charge in [-0.25, -0.2) is 0 Å². The number of thioether (sulfide) groups is 1. The van der Waals surface area contributed by atoms with Crippen molar-refractivity contribution in [2.75, 3.05) is 0 Å². The molecule has 0 saturated heterocycles. The SMILES string of the molecule is CCc1ccc(C(N)C(C)SCc2ccccc2C)cc1. The molecule has 1 nitrogen and oxygen atoms in total. The highest BCUT2D eigenvalue weighted by atomic mass is 32.2. The number of aryl methyl sites for hydroxylation is 2. The zero-order chi connectivity index (χ0) is 15.2. The van der Waals surface area contributed by atoms with Crippen molar-refractivity contribution in [3.63, 3.8) is 0 Å². The minimum absolute atomic E-state index is 0.0879. The zero-order valence-electron chi connectivity index (χ0n) is 13.2. The van der Waals surface area contributed by atoms with Crippen LogP contribution in [0.1, 0.15) is 42.1 Å². The second-order valence-corrected chi connectivity index (χ2v) is 6.93. The van der Waals surface area contributed by atoms with Crippen molar-refractivity contribution in [3.8, 4) is 0 Å². The molecule has 2 N–H and O–H groups in total. The van der Waals surface area contributed by atoms with Gasteiger partial charge in [0, 0.05) is 17.0 Å². The first kappa shape index (κ1) is 16.1. The third-order valence-electron chi connectivity index (χ3n) is 4.04. The zero-order valence-corrected chi connectivity index (χ0v) is 14.0. The van der Waals surface area contributed by atoms with Crippen molar-refractivity contribution in [2.45, 2.75) is 44.2 Å². The normalized spacial score (nSPS) is 13.9. The van der Waals surface area contributed by atoms with Gasteiger partial charge >= 0.3 is 0 Å². The molecule has 2 heteroatoms. The van der Waals surface area contributed by atoms with Gasteiger partial charge in [0.2, 0.25) is 0 Å². The highest BCUT2D eigenvalue weighted by Crippen LogP contribution is 2.28. The fourth-order valence-corrected chi connectivity index (χ4v) is 3.47. The lowest BCUT2D eigenvalue weighted by Gasteiger charge is -2.20. The number of nitrogens with two attached hydrogens (primary N) is 1. The summed E-state index contributed by atoms with van der Waals surface area (Å²) in [7, 11) is 0. The van der Waals surface area contributed by atoms with E-state index in [4.69, 9.17) is 5.73 Å². The van der Waals surface area contributed by atoms with Gasteiger partial charge in [0.1, 0.15) is 0 Å². The quantitative estimate of drug-likeness (QED) is 0.822. The molecule has 2 aromatic rings. The van der Waals surface area contributed by atoms with Gasteiger partial charge in [-0.1, -0.05) is 62.4 Å². The predicted octanol–water partition coefficient (Wildman–Crippen LogP) is 4.88. The molecule has 0 radical (unpaired) electrons. The maximum Gasteiger partial charge on any atom is 0.0412 e. The van der Waals surface area contributed by atoms with E-state index in [1.54, 1.807) is 0 Å². The van der Waals surface area contributed by atoms with Gasteiger partial charge in [-0.05, 0) is 35.6 Å². The molecule has 2 aromatic carbocycles. The molecule has 0 aromatic heterocycles. The maximum atomic E-state index is 6.41. The molecular weight excluding hydrogens is 274 g/mol. The molecule has 0 saturated carbocycles. The van der Waals surface area contributed by atoms with E-state index < -0.39 is 0 Å². The van der Waals surface area contributed by atoms with Crippen LogP contribution in [0.4, 0.5) is 0 Å². The first-order chi connectivity index (χ1) is 10.1. The first-order valence-electron chi connectivity index (χ1n) is 7.62. The molecule has 0 aliphatic rings. The third-order valence-corrected chi connectivity index (χ3v) is 5.34. The Morgan fingerprint density at radius 3 is 2.33 bits per heavy atom. The summed E-state index contributed by atoms with van der Waals surface area (Å²) in [6.45, 7) is 6.57.